The number of hydrogen-bond acceptors (Lipinski definition) is 5. The maximum atomic E-state index is 12.3. The Kier molecular flexibility index (Phi) is 6.89. The number of benzene rings is 1. The first kappa shape index (κ1) is 21.4. The molecule has 6 nitrogen and oxygen atoms in total. The quantitative estimate of drug-likeness (QED) is 0.702. The number of aromatic nitrogens is 2. The van der Waals surface area contributed by atoms with Gasteiger partial charge in [-0.2, -0.15) is 9.78 Å². The van der Waals surface area contributed by atoms with E-state index in [1.165, 1.54) is 10.9 Å². The van der Waals surface area contributed by atoms with E-state index in [4.69, 9.17) is 39.5 Å². The zero-order valence-corrected chi connectivity index (χ0v) is 18.3. The SMILES string of the molecule is C[C@@H]1CN(CCN(C)c2ccc(-n3ncc(Cl)c(Cl)c3=O)cc2Cl)C[C@H](C)O1. The summed E-state index contributed by atoms with van der Waals surface area (Å²) in [7, 11) is 2.00. The second-order valence-corrected chi connectivity index (χ2v) is 8.29. The molecule has 0 amide bonds. The van der Waals surface area contributed by atoms with E-state index in [1.807, 2.05) is 13.1 Å². The van der Waals surface area contributed by atoms with Crippen LogP contribution in [0.4, 0.5) is 5.69 Å². The van der Waals surface area contributed by atoms with Crippen molar-refractivity contribution in [3.8, 4) is 5.69 Å². The normalized spacial score (nSPS) is 20.4. The van der Waals surface area contributed by atoms with E-state index in [2.05, 4.69) is 28.7 Å². The maximum Gasteiger partial charge on any atom is 0.291 e. The Balaban J connectivity index is 1.72. The fourth-order valence-corrected chi connectivity index (χ4v) is 3.98. The number of morpholine rings is 1. The van der Waals surface area contributed by atoms with Gasteiger partial charge in [0.25, 0.3) is 5.56 Å². The van der Waals surface area contributed by atoms with Gasteiger partial charge in [-0.1, -0.05) is 34.8 Å². The standard InChI is InChI=1S/C19H23Cl3N4O2/c1-12-10-25(11-13(2)28-12)7-6-24(3)17-5-4-14(8-15(17)20)26-19(27)18(22)16(21)9-23-26/h4-5,8-9,12-13H,6-7,10-11H2,1-3H3/t12-,13+. The van der Waals surface area contributed by atoms with Gasteiger partial charge in [0.05, 0.1) is 39.8 Å². The second-order valence-electron chi connectivity index (χ2n) is 7.10. The molecule has 2 heterocycles. The smallest absolute Gasteiger partial charge is 0.291 e. The highest BCUT2D eigenvalue weighted by atomic mass is 35.5. The molecule has 28 heavy (non-hydrogen) atoms. The molecule has 0 spiro atoms. The van der Waals surface area contributed by atoms with Gasteiger partial charge in [-0.3, -0.25) is 9.69 Å². The first-order valence-corrected chi connectivity index (χ1v) is 10.2. The molecule has 0 saturated carbocycles. The Morgan fingerprint density at radius 2 is 1.86 bits per heavy atom. The van der Waals surface area contributed by atoms with Crippen molar-refractivity contribution in [1.82, 2.24) is 14.7 Å². The number of rotatable bonds is 5. The van der Waals surface area contributed by atoms with Gasteiger partial charge in [-0.25, -0.2) is 0 Å². The van der Waals surface area contributed by atoms with Crippen molar-refractivity contribution in [3.63, 3.8) is 0 Å². The Labute approximate surface area is 179 Å². The molecule has 152 valence electrons. The lowest BCUT2D eigenvalue weighted by Gasteiger charge is -2.36. The largest absolute Gasteiger partial charge is 0.373 e. The molecule has 1 aromatic carbocycles. The third-order valence-corrected chi connectivity index (χ3v) is 5.76. The minimum absolute atomic E-state index is 0.0667. The lowest BCUT2D eigenvalue weighted by atomic mass is 10.2. The molecule has 1 aliphatic heterocycles. The Morgan fingerprint density at radius 3 is 2.50 bits per heavy atom. The van der Waals surface area contributed by atoms with Gasteiger partial charge in [0, 0.05) is 33.2 Å². The molecule has 0 N–H and O–H groups in total. The molecule has 1 aliphatic rings. The topological polar surface area (TPSA) is 50.6 Å². The van der Waals surface area contributed by atoms with E-state index >= 15 is 0 Å². The summed E-state index contributed by atoms with van der Waals surface area (Å²) < 4.78 is 6.96. The molecule has 1 fully saturated rings. The summed E-state index contributed by atoms with van der Waals surface area (Å²) in [5, 5.41) is 4.62. The first-order chi connectivity index (χ1) is 13.3. The number of anilines is 1. The molecule has 0 aliphatic carbocycles. The van der Waals surface area contributed by atoms with E-state index in [9.17, 15) is 4.79 Å². The Bertz CT molecular complexity index is 895. The molecule has 2 atom stereocenters. The van der Waals surface area contributed by atoms with Crippen LogP contribution in [-0.2, 0) is 4.74 Å². The average Bonchev–Trinajstić information content (AvgIpc) is 2.63. The summed E-state index contributed by atoms with van der Waals surface area (Å²) in [5.74, 6) is 0. The predicted octanol–water partition coefficient (Wildman–Crippen LogP) is 3.74. The molecular weight excluding hydrogens is 423 g/mol. The van der Waals surface area contributed by atoms with Crippen LogP contribution in [0.15, 0.2) is 29.2 Å². The van der Waals surface area contributed by atoms with Crippen LogP contribution in [0, 0.1) is 0 Å². The third-order valence-electron chi connectivity index (χ3n) is 4.71. The lowest BCUT2D eigenvalue weighted by molar-refractivity contribution is -0.0670. The zero-order chi connectivity index (χ0) is 20.4. The van der Waals surface area contributed by atoms with Crippen molar-refractivity contribution in [3.05, 3.63) is 49.8 Å². The minimum Gasteiger partial charge on any atom is -0.373 e. The van der Waals surface area contributed by atoms with E-state index < -0.39 is 5.56 Å². The van der Waals surface area contributed by atoms with Gasteiger partial charge in [-0.15, -0.1) is 0 Å². The highest BCUT2D eigenvalue weighted by Gasteiger charge is 2.22. The Hall–Kier alpha value is -1.31. The van der Waals surface area contributed by atoms with Gasteiger partial charge in [0.15, 0.2) is 0 Å². The zero-order valence-electron chi connectivity index (χ0n) is 16.0. The number of halogens is 3. The number of hydrogen-bond donors (Lipinski definition) is 0. The van der Waals surface area contributed by atoms with Crippen LogP contribution >= 0.6 is 34.8 Å². The van der Waals surface area contributed by atoms with E-state index in [-0.39, 0.29) is 22.3 Å². The highest BCUT2D eigenvalue weighted by Crippen LogP contribution is 2.27. The summed E-state index contributed by atoms with van der Waals surface area (Å²) in [6, 6.07) is 5.36. The predicted molar refractivity (Wildman–Crippen MR) is 115 cm³/mol. The van der Waals surface area contributed by atoms with E-state index in [1.54, 1.807) is 12.1 Å². The van der Waals surface area contributed by atoms with Crippen LogP contribution in [0.2, 0.25) is 15.1 Å². The monoisotopic (exact) mass is 444 g/mol. The van der Waals surface area contributed by atoms with Crippen molar-refractivity contribution in [1.29, 1.82) is 0 Å². The molecule has 3 rings (SSSR count). The van der Waals surface area contributed by atoms with Crippen LogP contribution in [-0.4, -0.2) is 60.1 Å². The summed E-state index contributed by atoms with van der Waals surface area (Å²) in [6.45, 7) is 7.79. The van der Waals surface area contributed by atoms with Crippen molar-refractivity contribution < 1.29 is 4.74 Å². The van der Waals surface area contributed by atoms with E-state index in [0.29, 0.717) is 10.7 Å². The maximum absolute atomic E-state index is 12.3. The van der Waals surface area contributed by atoms with Gasteiger partial charge >= 0.3 is 0 Å². The minimum atomic E-state index is -0.484. The summed E-state index contributed by atoms with van der Waals surface area (Å²) in [6.07, 6.45) is 1.83. The molecule has 1 saturated heterocycles. The van der Waals surface area contributed by atoms with Crippen molar-refractivity contribution in [2.75, 3.05) is 38.1 Å². The molecule has 0 bridgehead atoms. The fourth-order valence-electron chi connectivity index (χ4n) is 3.41. The van der Waals surface area contributed by atoms with Crippen molar-refractivity contribution in [2.24, 2.45) is 0 Å². The molecule has 9 heteroatoms. The number of likely N-dealkylation sites (N-methyl/N-ethyl adjacent to an activating group) is 1. The molecular formula is C19H23Cl3N4O2. The molecule has 0 unspecified atom stereocenters. The van der Waals surface area contributed by atoms with Gasteiger partial charge in [0.2, 0.25) is 0 Å². The number of nitrogens with zero attached hydrogens (tertiary/aromatic N) is 4. The average molecular weight is 446 g/mol. The van der Waals surface area contributed by atoms with Crippen LogP contribution in [0.25, 0.3) is 5.69 Å². The Morgan fingerprint density at radius 1 is 1.18 bits per heavy atom. The van der Waals surface area contributed by atoms with Crippen LogP contribution in [0.1, 0.15) is 13.8 Å². The van der Waals surface area contributed by atoms with E-state index in [0.717, 1.165) is 31.9 Å². The van der Waals surface area contributed by atoms with Crippen LogP contribution in [0.5, 0.6) is 0 Å². The van der Waals surface area contributed by atoms with Gasteiger partial charge in [-0.05, 0) is 32.0 Å². The first-order valence-electron chi connectivity index (χ1n) is 9.08. The molecule has 2 aromatic rings. The van der Waals surface area contributed by atoms with Crippen LogP contribution < -0.4 is 10.5 Å². The second kappa shape index (κ2) is 9.01. The lowest BCUT2D eigenvalue weighted by Crippen LogP contribution is -2.47. The highest BCUT2D eigenvalue weighted by molar-refractivity contribution is 6.41. The summed E-state index contributed by atoms with van der Waals surface area (Å²) in [4.78, 5) is 16.8. The third kappa shape index (κ3) is 4.81. The van der Waals surface area contributed by atoms with Crippen molar-refractivity contribution >= 4 is 40.5 Å². The summed E-state index contributed by atoms with van der Waals surface area (Å²) in [5.41, 5.74) is 0.927. The fraction of sp³-hybridized carbons (Fsp3) is 0.474. The van der Waals surface area contributed by atoms with Crippen LogP contribution in [0.3, 0.4) is 0 Å². The van der Waals surface area contributed by atoms with Crippen molar-refractivity contribution in [2.45, 2.75) is 26.1 Å². The van der Waals surface area contributed by atoms with Gasteiger partial charge < -0.3 is 9.64 Å². The van der Waals surface area contributed by atoms with Gasteiger partial charge in [0.1, 0.15) is 5.02 Å². The molecule has 1 aromatic heterocycles. The number of ether oxygens (including phenoxy) is 1. The molecule has 0 radical (unpaired) electrons. The summed E-state index contributed by atoms with van der Waals surface area (Å²) >= 11 is 18.3.